The minimum atomic E-state index is -0.221. The molecule has 0 unspecified atom stereocenters. The van der Waals surface area contributed by atoms with Crippen molar-refractivity contribution in [1.82, 2.24) is 0 Å². The summed E-state index contributed by atoms with van der Waals surface area (Å²) in [4.78, 5) is 2.39. The molecule has 4 rings (SSSR count). The van der Waals surface area contributed by atoms with Gasteiger partial charge in [-0.05, 0) is 72.5 Å². The van der Waals surface area contributed by atoms with Gasteiger partial charge in [-0.2, -0.15) is 0 Å². The molecule has 3 nitrogen and oxygen atoms in total. The van der Waals surface area contributed by atoms with Gasteiger partial charge in [-0.1, -0.05) is 24.3 Å². The Labute approximate surface area is 153 Å². The molecule has 1 heterocycles. The smallest absolute Gasteiger partial charge is 0.123 e. The lowest BCUT2D eigenvalue weighted by atomic mass is 10.0. The Morgan fingerprint density at radius 3 is 1.50 bits per heavy atom. The highest BCUT2D eigenvalue weighted by Gasteiger charge is 2.35. The second-order valence-electron chi connectivity index (χ2n) is 6.83. The Hall–Kier alpha value is -3.01. The summed E-state index contributed by atoms with van der Waals surface area (Å²) in [7, 11) is 0. The highest BCUT2D eigenvalue weighted by Crippen LogP contribution is 2.47. The SMILES string of the molecule is Nc1ccc([C@H]2CC[C@H](c3ccc(N)cc3)N2c2ccc(F)cc2)cc1. The van der Waals surface area contributed by atoms with Crippen LogP contribution in [0.5, 0.6) is 0 Å². The zero-order chi connectivity index (χ0) is 18.1. The molecule has 0 aliphatic carbocycles. The van der Waals surface area contributed by atoms with Crippen LogP contribution in [-0.4, -0.2) is 0 Å². The maximum atomic E-state index is 13.5. The zero-order valence-corrected chi connectivity index (χ0v) is 14.5. The molecule has 0 aromatic heterocycles. The summed E-state index contributed by atoms with van der Waals surface area (Å²) < 4.78 is 13.5. The fourth-order valence-electron chi connectivity index (χ4n) is 3.88. The van der Waals surface area contributed by atoms with Gasteiger partial charge in [-0.3, -0.25) is 0 Å². The molecule has 1 aliphatic heterocycles. The summed E-state index contributed by atoms with van der Waals surface area (Å²) in [6.45, 7) is 0. The molecule has 0 amide bonds. The molecule has 0 saturated carbocycles. The molecule has 26 heavy (non-hydrogen) atoms. The molecule has 3 aromatic rings. The van der Waals surface area contributed by atoms with Crippen LogP contribution in [0.3, 0.4) is 0 Å². The predicted octanol–water partition coefficient (Wildman–Crippen LogP) is 5.07. The number of benzene rings is 3. The van der Waals surface area contributed by atoms with Crippen LogP contribution < -0.4 is 16.4 Å². The summed E-state index contributed by atoms with van der Waals surface area (Å²) >= 11 is 0. The van der Waals surface area contributed by atoms with Gasteiger partial charge in [0.2, 0.25) is 0 Å². The molecule has 0 spiro atoms. The van der Waals surface area contributed by atoms with Gasteiger partial charge in [0.15, 0.2) is 0 Å². The van der Waals surface area contributed by atoms with Crippen molar-refractivity contribution in [2.24, 2.45) is 0 Å². The Bertz CT molecular complexity index is 819. The normalized spacial score (nSPS) is 19.7. The van der Waals surface area contributed by atoms with E-state index in [0.717, 1.165) is 29.9 Å². The highest BCUT2D eigenvalue weighted by atomic mass is 19.1. The average molecular weight is 347 g/mol. The van der Waals surface area contributed by atoms with Crippen molar-refractivity contribution in [2.75, 3.05) is 16.4 Å². The number of nitrogens with two attached hydrogens (primary N) is 2. The minimum Gasteiger partial charge on any atom is -0.399 e. The monoisotopic (exact) mass is 347 g/mol. The van der Waals surface area contributed by atoms with Crippen LogP contribution in [-0.2, 0) is 0 Å². The Morgan fingerprint density at radius 2 is 1.08 bits per heavy atom. The van der Waals surface area contributed by atoms with Crippen molar-refractivity contribution < 1.29 is 4.39 Å². The van der Waals surface area contributed by atoms with Gasteiger partial charge in [0.1, 0.15) is 5.82 Å². The largest absolute Gasteiger partial charge is 0.399 e. The van der Waals surface area contributed by atoms with E-state index in [2.05, 4.69) is 29.2 Å². The van der Waals surface area contributed by atoms with Crippen molar-refractivity contribution in [3.63, 3.8) is 0 Å². The Balaban J connectivity index is 1.75. The van der Waals surface area contributed by atoms with E-state index >= 15 is 0 Å². The van der Waals surface area contributed by atoms with E-state index in [0.29, 0.717) is 0 Å². The molecule has 0 radical (unpaired) electrons. The maximum Gasteiger partial charge on any atom is 0.123 e. The summed E-state index contributed by atoms with van der Waals surface area (Å²) in [5, 5.41) is 0. The van der Waals surface area contributed by atoms with E-state index in [1.807, 2.05) is 36.4 Å². The van der Waals surface area contributed by atoms with Crippen molar-refractivity contribution in [1.29, 1.82) is 0 Å². The number of nitrogen functional groups attached to an aromatic ring is 2. The van der Waals surface area contributed by atoms with Gasteiger partial charge in [-0.15, -0.1) is 0 Å². The van der Waals surface area contributed by atoms with E-state index in [4.69, 9.17) is 11.5 Å². The van der Waals surface area contributed by atoms with E-state index in [9.17, 15) is 4.39 Å². The molecule has 2 atom stereocenters. The molecule has 4 heteroatoms. The number of anilines is 3. The number of halogens is 1. The first-order chi connectivity index (χ1) is 12.6. The van der Waals surface area contributed by atoms with Crippen LogP contribution in [0, 0.1) is 5.82 Å². The van der Waals surface area contributed by atoms with E-state index in [1.54, 1.807) is 0 Å². The zero-order valence-electron chi connectivity index (χ0n) is 14.5. The molecule has 1 saturated heterocycles. The lowest BCUT2D eigenvalue weighted by Gasteiger charge is -2.33. The van der Waals surface area contributed by atoms with Crippen molar-refractivity contribution in [2.45, 2.75) is 24.9 Å². The fourth-order valence-corrected chi connectivity index (χ4v) is 3.88. The molecule has 1 aliphatic rings. The average Bonchev–Trinajstić information content (AvgIpc) is 3.08. The Kier molecular flexibility index (Phi) is 4.25. The number of rotatable bonds is 3. The molecule has 3 aromatic carbocycles. The van der Waals surface area contributed by atoms with Crippen LogP contribution in [0.1, 0.15) is 36.1 Å². The maximum absolute atomic E-state index is 13.5. The van der Waals surface area contributed by atoms with Crippen LogP contribution in [0.25, 0.3) is 0 Å². The lowest BCUT2D eigenvalue weighted by molar-refractivity contribution is 0.625. The third kappa shape index (κ3) is 3.10. The fraction of sp³-hybridized carbons (Fsp3) is 0.182. The number of nitrogens with zero attached hydrogens (tertiary/aromatic N) is 1. The van der Waals surface area contributed by atoms with Gasteiger partial charge >= 0.3 is 0 Å². The predicted molar refractivity (Wildman–Crippen MR) is 105 cm³/mol. The van der Waals surface area contributed by atoms with Crippen molar-refractivity contribution in [3.05, 3.63) is 89.7 Å². The number of hydrogen-bond acceptors (Lipinski definition) is 3. The van der Waals surface area contributed by atoms with Crippen molar-refractivity contribution in [3.8, 4) is 0 Å². The third-order valence-corrected chi connectivity index (χ3v) is 5.15. The van der Waals surface area contributed by atoms with Gasteiger partial charge in [0.25, 0.3) is 0 Å². The van der Waals surface area contributed by atoms with Crippen LogP contribution >= 0.6 is 0 Å². The Morgan fingerprint density at radius 1 is 0.654 bits per heavy atom. The first-order valence-corrected chi connectivity index (χ1v) is 8.86. The summed E-state index contributed by atoms with van der Waals surface area (Å²) in [5.41, 5.74) is 16.7. The minimum absolute atomic E-state index is 0.221. The summed E-state index contributed by atoms with van der Waals surface area (Å²) in [6.07, 6.45) is 2.05. The third-order valence-electron chi connectivity index (χ3n) is 5.15. The summed E-state index contributed by atoms with van der Waals surface area (Å²) in [5.74, 6) is -0.221. The lowest BCUT2D eigenvalue weighted by Crippen LogP contribution is -2.26. The van der Waals surface area contributed by atoms with Crippen LogP contribution in [0.4, 0.5) is 21.5 Å². The van der Waals surface area contributed by atoms with Gasteiger partial charge in [-0.25, -0.2) is 4.39 Å². The van der Waals surface area contributed by atoms with E-state index < -0.39 is 0 Å². The van der Waals surface area contributed by atoms with Crippen molar-refractivity contribution >= 4 is 17.1 Å². The number of hydrogen-bond donors (Lipinski definition) is 2. The standard InChI is InChI=1S/C22H22FN3/c23-17-5-11-20(12-6-17)26-21(15-1-7-18(24)8-2-15)13-14-22(26)16-3-9-19(25)10-4-16/h1-12,21-22H,13-14,24-25H2/t21-,22-/m1/s1. The van der Waals surface area contributed by atoms with E-state index in [1.165, 1.54) is 23.3 Å². The molecular weight excluding hydrogens is 325 g/mol. The molecule has 1 fully saturated rings. The highest BCUT2D eigenvalue weighted by molar-refractivity contribution is 5.55. The van der Waals surface area contributed by atoms with Crippen LogP contribution in [0.15, 0.2) is 72.8 Å². The van der Waals surface area contributed by atoms with E-state index in [-0.39, 0.29) is 17.9 Å². The molecular formula is C22H22FN3. The van der Waals surface area contributed by atoms with Gasteiger partial charge in [0.05, 0.1) is 12.1 Å². The second kappa shape index (κ2) is 6.71. The van der Waals surface area contributed by atoms with Crippen LogP contribution in [0.2, 0.25) is 0 Å². The molecule has 4 N–H and O–H groups in total. The van der Waals surface area contributed by atoms with Gasteiger partial charge in [0, 0.05) is 17.1 Å². The summed E-state index contributed by atoms with van der Waals surface area (Å²) in [6, 6.07) is 23.3. The quantitative estimate of drug-likeness (QED) is 0.650. The van der Waals surface area contributed by atoms with Gasteiger partial charge < -0.3 is 16.4 Å². The first-order valence-electron chi connectivity index (χ1n) is 8.86. The second-order valence-corrected chi connectivity index (χ2v) is 6.83. The molecule has 0 bridgehead atoms. The molecule has 132 valence electrons. The topological polar surface area (TPSA) is 55.3 Å². The first kappa shape index (κ1) is 16.5.